The summed E-state index contributed by atoms with van der Waals surface area (Å²) < 4.78 is 12.6. The van der Waals surface area contributed by atoms with Crippen LogP contribution in [0.15, 0.2) is 18.2 Å². The Kier molecular flexibility index (Phi) is 4.85. The molecule has 5 nitrogen and oxygen atoms in total. The molecule has 0 radical (unpaired) electrons. The van der Waals surface area contributed by atoms with Gasteiger partial charge in [-0.3, -0.25) is 9.48 Å². The first-order chi connectivity index (χ1) is 10.1. The van der Waals surface area contributed by atoms with Crippen LogP contribution >= 0.6 is 11.6 Å². The molecule has 2 aromatic rings. The lowest BCUT2D eigenvalue weighted by molar-refractivity contribution is 0.111. The van der Waals surface area contributed by atoms with Gasteiger partial charge in [-0.2, -0.15) is 5.10 Å². The standard InChI is InChI=1S/C15H17ClN2O3/c1-4-18-13(15(16)10(2)17-18)9-21-14-6-5-12(20-3)7-11(14)8-19/h5-8H,4,9H2,1-3H3. The minimum absolute atomic E-state index is 0.251. The topological polar surface area (TPSA) is 53.4 Å². The van der Waals surface area contributed by atoms with E-state index in [0.29, 0.717) is 28.6 Å². The summed E-state index contributed by atoms with van der Waals surface area (Å²) >= 11 is 6.23. The van der Waals surface area contributed by atoms with Crippen LogP contribution in [-0.4, -0.2) is 23.2 Å². The number of aldehydes is 1. The lowest BCUT2D eigenvalue weighted by Crippen LogP contribution is -2.07. The highest BCUT2D eigenvalue weighted by Crippen LogP contribution is 2.26. The second-order valence-electron chi connectivity index (χ2n) is 4.47. The van der Waals surface area contributed by atoms with Gasteiger partial charge in [0.1, 0.15) is 18.1 Å². The van der Waals surface area contributed by atoms with E-state index in [4.69, 9.17) is 21.1 Å². The molecule has 0 fully saturated rings. The maximum atomic E-state index is 11.1. The van der Waals surface area contributed by atoms with E-state index in [-0.39, 0.29) is 6.61 Å². The number of rotatable bonds is 6. The third-order valence-corrected chi connectivity index (χ3v) is 3.65. The fraction of sp³-hybridized carbons (Fsp3) is 0.333. The van der Waals surface area contributed by atoms with Crippen molar-refractivity contribution in [3.63, 3.8) is 0 Å². The molecular weight excluding hydrogens is 292 g/mol. The number of aryl methyl sites for hydroxylation is 2. The zero-order valence-corrected chi connectivity index (χ0v) is 13.0. The lowest BCUT2D eigenvalue weighted by atomic mass is 10.2. The largest absolute Gasteiger partial charge is 0.497 e. The number of methoxy groups -OCH3 is 1. The van der Waals surface area contributed by atoms with Crippen LogP contribution in [0.5, 0.6) is 11.5 Å². The van der Waals surface area contributed by atoms with Crippen molar-refractivity contribution in [3.05, 3.63) is 40.2 Å². The number of hydrogen-bond donors (Lipinski definition) is 0. The highest BCUT2D eigenvalue weighted by Gasteiger charge is 2.14. The highest BCUT2D eigenvalue weighted by atomic mass is 35.5. The van der Waals surface area contributed by atoms with Crippen molar-refractivity contribution in [2.45, 2.75) is 27.0 Å². The van der Waals surface area contributed by atoms with E-state index in [1.54, 1.807) is 30.0 Å². The normalized spacial score (nSPS) is 10.5. The molecule has 0 bridgehead atoms. The first-order valence-electron chi connectivity index (χ1n) is 6.58. The number of aromatic nitrogens is 2. The Hall–Kier alpha value is -2.01. The van der Waals surface area contributed by atoms with E-state index < -0.39 is 0 Å². The molecule has 0 aliphatic heterocycles. The van der Waals surface area contributed by atoms with Crippen LogP contribution in [0.1, 0.15) is 28.7 Å². The summed E-state index contributed by atoms with van der Waals surface area (Å²) in [4.78, 5) is 11.1. The SMILES string of the molecule is CCn1nc(C)c(Cl)c1COc1ccc(OC)cc1C=O. The van der Waals surface area contributed by atoms with Gasteiger partial charge in [0.2, 0.25) is 0 Å². The lowest BCUT2D eigenvalue weighted by Gasteiger charge is -2.11. The van der Waals surface area contributed by atoms with Crippen molar-refractivity contribution < 1.29 is 14.3 Å². The molecular formula is C15H17ClN2O3. The van der Waals surface area contributed by atoms with Gasteiger partial charge in [-0.15, -0.1) is 0 Å². The maximum Gasteiger partial charge on any atom is 0.153 e. The smallest absolute Gasteiger partial charge is 0.153 e. The van der Waals surface area contributed by atoms with Crippen molar-refractivity contribution in [1.82, 2.24) is 9.78 Å². The molecule has 0 aliphatic carbocycles. The van der Waals surface area contributed by atoms with Crippen LogP contribution in [0.4, 0.5) is 0 Å². The monoisotopic (exact) mass is 308 g/mol. The summed E-state index contributed by atoms with van der Waals surface area (Å²) in [5, 5.41) is 4.92. The Morgan fingerprint density at radius 2 is 2.19 bits per heavy atom. The van der Waals surface area contributed by atoms with Crippen LogP contribution in [0.2, 0.25) is 5.02 Å². The van der Waals surface area contributed by atoms with E-state index in [1.807, 2.05) is 13.8 Å². The molecule has 6 heteroatoms. The molecule has 0 saturated carbocycles. The molecule has 1 heterocycles. The number of benzene rings is 1. The molecule has 0 atom stereocenters. The molecule has 0 saturated heterocycles. The van der Waals surface area contributed by atoms with Gasteiger partial charge < -0.3 is 9.47 Å². The maximum absolute atomic E-state index is 11.1. The molecule has 1 aromatic carbocycles. The van der Waals surface area contributed by atoms with E-state index in [2.05, 4.69) is 5.10 Å². The summed E-state index contributed by atoms with van der Waals surface area (Å²) in [5.41, 5.74) is 2.00. The summed E-state index contributed by atoms with van der Waals surface area (Å²) in [5.74, 6) is 1.10. The van der Waals surface area contributed by atoms with Crippen LogP contribution in [0, 0.1) is 6.92 Å². The van der Waals surface area contributed by atoms with Crippen molar-refractivity contribution >= 4 is 17.9 Å². The van der Waals surface area contributed by atoms with Gasteiger partial charge in [-0.05, 0) is 32.0 Å². The van der Waals surface area contributed by atoms with E-state index in [9.17, 15) is 4.79 Å². The number of nitrogens with zero attached hydrogens (tertiary/aromatic N) is 2. The number of hydrogen-bond acceptors (Lipinski definition) is 4. The Morgan fingerprint density at radius 3 is 2.81 bits per heavy atom. The number of carbonyl (C=O) groups excluding carboxylic acids is 1. The van der Waals surface area contributed by atoms with Gasteiger partial charge in [0.05, 0.1) is 29.1 Å². The predicted molar refractivity (Wildman–Crippen MR) is 80.4 cm³/mol. The second-order valence-corrected chi connectivity index (χ2v) is 4.85. The predicted octanol–water partition coefficient (Wildman–Crippen LogP) is 3.26. The highest BCUT2D eigenvalue weighted by molar-refractivity contribution is 6.31. The van der Waals surface area contributed by atoms with E-state index in [1.165, 1.54) is 0 Å². The van der Waals surface area contributed by atoms with Crippen molar-refractivity contribution in [1.29, 1.82) is 0 Å². The molecule has 1 aromatic heterocycles. The third kappa shape index (κ3) is 3.19. The second kappa shape index (κ2) is 6.63. The fourth-order valence-corrected chi connectivity index (χ4v) is 2.22. The first-order valence-corrected chi connectivity index (χ1v) is 6.96. The number of ether oxygens (including phenoxy) is 2. The summed E-state index contributed by atoms with van der Waals surface area (Å²) in [6, 6.07) is 5.08. The summed E-state index contributed by atoms with van der Waals surface area (Å²) in [7, 11) is 1.55. The van der Waals surface area contributed by atoms with Crippen LogP contribution in [0.25, 0.3) is 0 Å². The Balaban J connectivity index is 2.22. The molecule has 0 amide bonds. The van der Waals surface area contributed by atoms with Gasteiger partial charge in [0.25, 0.3) is 0 Å². The molecule has 0 aliphatic rings. The van der Waals surface area contributed by atoms with E-state index >= 15 is 0 Å². The van der Waals surface area contributed by atoms with Crippen molar-refractivity contribution in [2.24, 2.45) is 0 Å². The van der Waals surface area contributed by atoms with Gasteiger partial charge in [0.15, 0.2) is 6.29 Å². The quantitative estimate of drug-likeness (QED) is 0.769. The van der Waals surface area contributed by atoms with Crippen LogP contribution in [-0.2, 0) is 13.2 Å². The Bertz CT molecular complexity index is 653. The first kappa shape index (κ1) is 15.4. The van der Waals surface area contributed by atoms with Gasteiger partial charge in [-0.1, -0.05) is 11.6 Å². The number of halogens is 1. The Labute approximate surface area is 128 Å². The van der Waals surface area contributed by atoms with Crippen LogP contribution < -0.4 is 9.47 Å². The zero-order chi connectivity index (χ0) is 15.4. The molecule has 0 unspecified atom stereocenters. The molecule has 112 valence electrons. The fourth-order valence-electron chi connectivity index (χ4n) is 2.03. The Morgan fingerprint density at radius 1 is 1.43 bits per heavy atom. The molecule has 0 N–H and O–H groups in total. The third-order valence-electron chi connectivity index (χ3n) is 3.16. The molecule has 0 spiro atoms. The number of carbonyl (C=O) groups is 1. The summed E-state index contributed by atoms with van der Waals surface area (Å²) in [6.07, 6.45) is 0.738. The van der Waals surface area contributed by atoms with Crippen molar-refractivity contribution in [2.75, 3.05) is 7.11 Å². The minimum atomic E-state index is 0.251. The average molecular weight is 309 g/mol. The van der Waals surface area contributed by atoms with Crippen molar-refractivity contribution in [3.8, 4) is 11.5 Å². The van der Waals surface area contributed by atoms with Gasteiger partial charge in [0, 0.05) is 6.54 Å². The van der Waals surface area contributed by atoms with Crippen LogP contribution in [0.3, 0.4) is 0 Å². The molecule has 21 heavy (non-hydrogen) atoms. The molecule has 2 rings (SSSR count). The van der Waals surface area contributed by atoms with Gasteiger partial charge in [-0.25, -0.2) is 0 Å². The van der Waals surface area contributed by atoms with Gasteiger partial charge >= 0.3 is 0 Å². The summed E-state index contributed by atoms with van der Waals surface area (Å²) in [6.45, 7) is 4.79. The van der Waals surface area contributed by atoms with E-state index in [0.717, 1.165) is 17.7 Å². The minimum Gasteiger partial charge on any atom is -0.497 e. The zero-order valence-electron chi connectivity index (χ0n) is 12.2. The average Bonchev–Trinajstić information content (AvgIpc) is 2.79.